The highest BCUT2D eigenvalue weighted by atomic mass is 32.2. The quantitative estimate of drug-likeness (QED) is 0.706. The molecule has 0 saturated carbocycles. The Morgan fingerprint density at radius 1 is 1.43 bits per heavy atom. The van der Waals surface area contributed by atoms with Crippen molar-refractivity contribution < 1.29 is 13.2 Å². The molecule has 0 bridgehead atoms. The third kappa shape index (κ3) is 4.87. The molecule has 21 heavy (non-hydrogen) atoms. The Balaban J connectivity index is 2.76. The number of anilines is 1. The topological polar surface area (TPSA) is 84.7 Å². The van der Waals surface area contributed by atoms with Gasteiger partial charge in [0.15, 0.2) is 0 Å². The van der Waals surface area contributed by atoms with Crippen molar-refractivity contribution in [2.24, 2.45) is 0 Å². The second-order valence-corrected chi connectivity index (χ2v) is 6.78. The van der Waals surface area contributed by atoms with Gasteiger partial charge in [0.2, 0.25) is 10.0 Å². The van der Waals surface area contributed by atoms with Gasteiger partial charge < -0.3 is 15.4 Å². The van der Waals surface area contributed by atoms with Crippen LogP contribution >= 0.6 is 0 Å². The average Bonchev–Trinajstić information content (AvgIpc) is 2.46. The van der Waals surface area contributed by atoms with E-state index in [-0.39, 0.29) is 10.6 Å². The molecule has 1 unspecified atom stereocenters. The molecule has 7 heteroatoms. The van der Waals surface area contributed by atoms with E-state index in [0.717, 1.165) is 6.42 Å². The lowest BCUT2D eigenvalue weighted by Crippen LogP contribution is -2.37. The van der Waals surface area contributed by atoms with Gasteiger partial charge in [-0.25, -0.2) is 13.1 Å². The summed E-state index contributed by atoms with van der Waals surface area (Å²) in [5.74, 6) is 0.284. The van der Waals surface area contributed by atoms with E-state index in [9.17, 15) is 8.42 Å². The predicted octanol–water partition coefficient (Wildman–Crippen LogP) is 1.29. The van der Waals surface area contributed by atoms with Crippen molar-refractivity contribution in [2.75, 3.05) is 33.0 Å². The number of benzene rings is 1. The summed E-state index contributed by atoms with van der Waals surface area (Å²) in [5.41, 5.74) is 6.04. The number of nitrogens with one attached hydrogen (secondary N) is 1. The summed E-state index contributed by atoms with van der Waals surface area (Å²) in [7, 11) is -0.228. The molecule has 1 atom stereocenters. The molecule has 0 aliphatic carbocycles. The SMILES string of the molecule is CCC(C)N(C)CCNS(=O)(=O)c1cc(N)ccc1OC. The second-order valence-electron chi connectivity index (χ2n) is 5.05. The fraction of sp³-hybridized carbons (Fsp3) is 0.571. The van der Waals surface area contributed by atoms with Gasteiger partial charge in [0.05, 0.1) is 7.11 Å². The predicted molar refractivity (Wildman–Crippen MR) is 85.0 cm³/mol. The number of sulfonamides is 1. The van der Waals surface area contributed by atoms with Crippen molar-refractivity contribution in [3.05, 3.63) is 18.2 Å². The van der Waals surface area contributed by atoms with Crippen LogP contribution in [-0.2, 0) is 10.0 Å². The molecule has 1 aromatic carbocycles. The van der Waals surface area contributed by atoms with Crippen LogP contribution in [0.2, 0.25) is 0 Å². The summed E-state index contributed by atoms with van der Waals surface area (Å²) in [6.45, 7) is 5.18. The van der Waals surface area contributed by atoms with E-state index in [4.69, 9.17) is 10.5 Å². The minimum absolute atomic E-state index is 0.0659. The van der Waals surface area contributed by atoms with Gasteiger partial charge in [-0.05, 0) is 38.6 Å². The first-order chi connectivity index (χ1) is 9.81. The number of likely N-dealkylation sites (N-methyl/N-ethyl adjacent to an activating group) is 1. The molecule has 0 spiro atoms. The average molecular weight is 315 g/mol. The maximum absolute atomic E-state index is 12.3. The van der Waals surface area contributed by atoms with Crippen molar-refractivity contribution >= 4 is 15.7 Å². The maximum atomic E-state index is 12.3. The zero-order valence-electron chi connectivity index (χ0n) is 13.1. The van der Waals surface area contributed by atoms with Crippen molar-refractivity contribution in [3.63, 3.8) is 0 Å². The van der Waals surface area contributed by atoms with Crippen LogP contribution in [-0.4, -0.2) is 46.6 Å². The highest BCUT2D eigenvalue weighted by Gasteiger charge is 2.19. The second kappa shape index (κ2) is 7.63. The maximum Gasteiger partial charge on any atom is 0.244 e. The summed E-state index contributed by atoms with van der Waals surface area (Å²) < 4.78 is 32.3. The summed E-state index contributed by atoms with van der Waals surface area (Å²) in [4.78, 5) is 2.18. The van der Waals surface area contributed by atoms with E-state index in [1.165, 1.54) is 13.2 Å². The molecule has 0 aliphatic rings. The van der Waals surface area contributed by atoms with Gasteiger partial charge in [0, 0.05) is 24.8 Å². The standard InChI is InChI=1S/C14H25N3O3S/c1-5-11(2)17(3)9-8-16-21(18,19)14-10-12(15)6-7-13(14)20-4/h6-7,10-11,16H,5,8-9,15H2,1-4H3. The third-order valence-electron chi connectivity index (χ3n) is 3.58. The van der Waals surface area contributed by atoms with E-state index >= 15 is 0 Å². The van der Waals surface area contributed by atoms with Crippen LogP contribution in [0.25, 0.3) is 0 Å². The van der Waals surface area contributed by atoms with Gasteiger partial charge in [-0.1, -0.05) is 6.92 Å². The molecule has 3 N–H and O–H groups in total. The van der Waals surface area contributed by atoms with E-state index in [2.05, 4.69) is 23.5 Å². The number of nitrogen functional groups attached to an aromatic ring is 1. The van der Waals surface area contributed by atoms with Crippen molar-refractivity contribution in [3.8, 4) is 5.75 Å². The highest BCUT2D eigenvalue weighted by Crippen LogP contribution is 2.25. The van der Waals surface area contributed by atoms with Crippen LogP contribution < -0.4 is 15.2 Å². The minimum atomic E-state index is -3.64. The molecule has 1 rings (SSSR count). The normalized spacial score (nSPS) is 13.4. The molecule has 0 aliphatic heterocycles. The molecular formula is C14H25N3O3S. The Bertz CT molecular complexity index is 561. The molecule has 0 radical (unpaired) electrons. The molecule has 0 fully saturated rings. The Morgan fingerprint density at radius 2 is 2.10 bits per heavy atom. The first-order valence-corrected chi connectivity index (χ1v) is 8.43. The van der Waals surface area contributed by atoms with Crippen LogP contribution in [0, 0.1) is 0 Å². The minimum Gasteiger partial charge on any atom is -0.495 e. The van der Waals surface area contributed by atoms with Gasteiger partial charge in [-0.3, -0.25) is 0 Å². The molecular weight excluding hydrogens is 290 g/mol. The number of hydrogen-bond acceptors (Lipinski definition) is 5. The van der Waals surface area contributed by atoms with E-state index < -0.39 is 10.0 Å². The Hall–Kier alpha value is -1.31. The van der Waals surface area contributed by atoms with E-state index in [1.807, 2.05) is 7.05 Å². The fourth-order valence-corrected chi connectivity index (χ4v) is 3.09. The van der Waals surface area contributed by atoms with Gasteiger partial charge >= 0.3 is 0 Å². The van der Waals surface area contributed by atoms with Gasteiger partial charge in [0.1, 0.15) is 10.6 Å². The first kappa shape index (κ1) is 17.7. The van der Waals surface area contributed by atoms with Gasteiger partial charge in [0.25, 0.3) is 0 Å². The lowest BCUT2D eigenvalue weighted by molar-refractivity contribution is 0.256. The number of rotatable bonds is 8. The highest BCUT2D eigenvalue weighted by molar-refractivity contribution is 7.89. The first-order valence-electron chi connectivity index (χ1n) is 6.95. The lowest BCUT2D eigenvalue weighted by Gasteiger charge is -2.23. The summed E-state index contributed by atoms with van der Waals surface area (Å²) in [5, 5.41) is 0. The number of ether oxygens (including phenoxy) is 1. The van der Waals surface area contributed by atoms with Crippen LogP contribution in [0.4, 0.5) is 5.69 Å². The Kier molecular flexibility index (Phi) is 6.44. The van der Waals surface area contributed by atoms with Crippen molar-refractivity contribution in [1.82, 2.24) is 9.62 Å². The Labute approximate surface area is 127 Å². The number of hydrogen-bond donors (Lipinski definition) is 2. The Morgan fingerprint density at radius 3 is 2.67 bits per heavy atom. The van der Waals surface area contributed by atoms with E-state index in [1.54, 1.807) is 12.1 Å². The number of nitrogens with zero attached hydrogens (tertiary/aromatic N) is 1. The third-order valence-corrected chi connectivity index (χ3v) is 5.06. The largest absolute Gasteiger partial charge is 0.495 e. The van der Waals surface area contributed by atoms with Gasteiger partial charge in [-0.15, -0.1) is 0 Å². The monoisotopic (exact) mass is 315 g/mol. The van der Waals surface area contributed by atoms with Crippen LogP contribution in [0.1, 0.15) is 20.3 Å². The van der Waals surface area contributed by atoms with Crippen LogP contribution in [0.15, 0.2) is 23.1 Å². The molecule has 1 aromatic rings. The van der Waals surface area contributed by atoms with E-state index in [0.29, 0.717) is 24.8 Å². The molecule has 0 saturated heterocycles. The van der Waals surface area contributed by atoms with Crippen molar-refractivity contribution in [2.45, 2.75) is 31.2 Å². The summed E-state index contributed by atoms with van der Waals surface area (Å²) in [6, 6.07) is 4.97. The molecule has 0 aromatic heterocycles. The molecule has 0 heterocycles. The smallest absolute Gasteiger partial charge is 0.244 e. The molecule has 6 nitrogen and oxygen atoms in total. The van der Waals surface area contributed by atoms with Crippen molar-refractivity contribution in [1.29, 1.82) is 0 Å². The lowest BCUT2D eigenvalue weighted by atomic mass is 10.2. The molecule has 0 amide bonds. The fourth-order valence-electron chi connectivity index (χ4n) is 1.87. The van der Waals surface area contributed by atoms with Crippen LogP contribution in [0.3, 0.4) is 0 Å². The summed E-state index contributed by atoms with van der Waals surface area (Å²) >= 11 is 0. The zero-order chi connectivity index (χ0) is 16.0. The zero-order valence-corrected chi connectivity index (χ0v) is 13.9. The number of nitrogens with two attached hydrogens (primary N) is 1. The summed E-state index contributed by atoms with van der Waals surface area (Å²) in [6.07, 6.45) is 1.02. The number of methoxy groups -OCH3 is 1. The van der Waals surface area contributed by atoms with Crippen LogP contribution in [0.5, 0.6) is 5.75 Å². The molecule has 120 valence electrons. The van der Waals surface area contributed by atoms with Gasteiger partial charge in [-0.2, -0.15) is 0 Å².